The van der Waals surface area contributed by atoms with Crippen LogP contribution >= 0.6 is 0 Å². The van der Waals surface area contributed by atoms with Crippen molar-refractivity contribution in [3.05, 3.63) is 64.7 Å². The highest BCUT2D eigenvalue weighted by molar-refractivity contribution is 5.73. The Morgan fingerprint density at radius 3 is 2.60 bits per heavy atom. The molecule has 0 unspecified atom stereocenters. The number of nitrogens with two attached hydrogens (primary N) is 1. The Labute approximate surface area is 176 Å². The zero-order valence-corrected chi connectivity index (χ0v) is 17.4. The lowest BCUT2D eigenvalue weighted by Crippen LogP contribution is -2.53. The van der Waals surface area contributed by atoms with E-state index in [1.165, 1.54) is 24.6 Å². The van der Waals surface area contributed by atoms with Crippen molar-refractivity contribution in [2.24, 2.45) is 5.73 Å². The Morgan fingerprint density at radius 2 is 1.93 bits per heavy atom. The van der Waals surface area contributed by atoms with Crippen molar-refractivity contribution in [1.29, 1.82) is 0 Å². The van der Waals surface area contributed by atoms with Crippen LogP contribution in [-0.4, -0.2) is 31.1 Å². The van der Waals surface area contributed by atoms with Gasteiger partial charge in [-0.15, -0.1) is 0 Å². The quantitative estimate of drug-likeness (QED) is 0.617. The molecule has 0 radical (unpaired) electrons. The fraction of sp³-hybridized carbons (Fsp3) is 0.435. The maximum atomic E-state index is 13.6. The van der Waals surface area contributed by atoms with E-state index < -0.39 is 23.7 Å². The second kappa shape index (κ2) is 10.00. The number of hydrogen-bond donors (Lipinski definition) is 3. The number of halogens is 2. The van der Waals surface area contributed by atoms with Crippen LogP contribution in [0, 0.1) is 11.6 Å². The molecule has 0 fully saturated rings. The molecule has 0 aromatic heterocycles. The van der Waals surface area contributed by atoms with Crippen molar-refractivity contribution in [3.63, 3.8) is 0 Å². The van der Waals surface area contributed by atoms with E-state index in [4.69, 9.17) is 10.5 Å². The third kappa shape index (κ3) is 5.77. The van der Waals surface area contributed by atoms with E-state index in [0.717, 1.165) is 30.2 Å². The third-order valence-corrected chi connectivity index (χ3v) is 5.41. The smallest absolute Gasteiger partial charge is 0.217 e. The van der Waals surface area contributed by atoms with Crippen LogP contribution in [0.2, 0.25) is 0 Å². The Kier molecular flexibility index (Phi) is 7.39. The summed E-state index contributed by atoms with van der Waals surface area (Å²) in [5, 5.41) is 6.31. The molecule has 0 aliphatic carbocycles. The molecule has 0 spiro atoms. The van der Waals surface area contributed by atoms with Crippen LogP contribution in [0.15, 0.2) is 36.4 Å². The van der Waals surface area contributed by atoms with Crippen molar-refractivity contribution in [3.8, 4) is 5.75 Å². The van der Waals surface area contributed by atoms with Crippen LogP contribution in [0.1, 0.15) is 43.0 Å². The normalized spacial score (nSPS) is 17.6. The summed E-state index contributed by atoms with van der Waals surface area (Å²) >= 11 is 0. The van der Waals surface area contributed by atoms with E-state index >= 15 is 0 Å². The van der Waals surface area contributed by atoms with Crippen LogP contribution in [0.25, 0.3) is 0 Å². The molecule has 3 atom stereocenters. The van der Waals surface area contributed by atoms with Gasteiger partial charge >= 0.3 is 0 Å². The Morgan fingerprint density at radius 1 is 1.20 bits per heavy atom. The molecule has 2 aromatic carbocycles. The molecular weight excluding hydrogens is 388 g/mol. The minimum atomic E-state index is -0.649. The number of hydrogen-bond acceptors (Lipinski definition) is 4. The van der Waals surface area contributed by atoms with Gasteiger partial charge in [-0.1, -0.05) is 19.1 Å². The summed E-state index contributed by atoms with van der Waals surface area (Å²) in [6.45, 7) is 4.56. The molecule has 7 heteroatoms. The van der Waals surface area contributed by atoms with Gasteiger partial charge in [0.25, 0.3) is 0 Å². The van der Waals surface area contributed by atoms with Crippen molar-refractivity contribution in [1.82, 2.24) is 10.6 Å². The molecular formula is C23H29F2N3O2. The zero-order chi connectivity index (χ0) is 21.7. The summed E-state index contributed by atoms with van der Waals surface area (Å²) < 4.78 is 32.9. The minimum absolute atomic E-state index is 0.0934. The molecule has 5 nitrogen and oxygen atoms in total. The van der Waals surface area contributed by atoms with Gasteiger partial charge < -0.3 is 21.1 Å². The zero-order valence-electron chi connectivity index (χ0n) is 17.4. The molecule has 1 aliphatic heterocycles. The lowest BCUT2D eigenvalue weighted by atomic mass is 9.96. The highest BCUT2D eigenvalue weighted by Crippen LogP contribution is 2.32. The Bertz CT molecular complexity index is 870. The molecule has 3 rings (SSSR count). The maximum Gasteiger partial charge on any atom is 0.217 e. The van der Waals surface area contributed by atoms with Crippen LogP contribution in [-0.2, 0) is 17.6 Å². The first-order valence-electron chi connectivity index (χ1n) is 10.3. The first kappa shape index (κ1) is 22.2. The molecule has 1 heterocycles. The second-order valence-electron chi connectivity index (χ2n) is 7.78. The van der Waals surface area contributed by atoms with Crippen LogP contribution < -0.4 is 21.1 Å². The van der Waals surface area contributed by atoms with Crippen LogP contribution in [0.3, 0.4) is 0 Å². The molecule has 0 saturated heterocycles. The van der Waals surface area contributed by atoms with Crippen LogP contribution in [0.5, 0.6) is 5.75 Å². The average molecular weight is 418 g/mol. The van der Waals surface area contributed by atoms with Crippen molar-refractivity contribution in [2.45, 2.75) is 51.2 Å². The predicted octanol–water partition coefficient (Wildman–Crippen LogP) is 3.02. The summed E-state index contributed by atoms with van der Waals surface area (Å²) in [5.74, 6) is -0.665. The Hall–Kier alpha value is -2.51. The molecule has 0 bridgehead atoms. The molecule has 162 valence electrons. The van der Waals surface area contributed by atoms with Crippen molar-refractivity contribution >= 4 is 5.91 Å². The van der Waals surface area contributed by atoms with Crippen molar-refractivity contribution in [2.75, 3.05) is 13.2 Å². The minimum Gasteiger partial charge on any atom is -0.493 e. The van der Waals surface area contributed by atoms with Gasteiger partial charge in [0.2, 0.25) is 5.91 Å². The summed E-state index contributed by atoms with van der Waals surface area (Å²) in [6.07, 6.45) is 1.99. The lowest BCUT2D eigenvalue weighted by Gasteiger charge is -2.30. The van der Waals surface area contributed by atoms with Crippen LogP contribution in [0.4, 0.5) is 8.78 Å². The second-order valence-corrected chi connectivity index (χ2v) is 7.78. The largest absolute Gasteiger partial charge is 0.493 e. The third-order valence-electron chi connectivity index (χ3n) is 5.41. The molecule has 1 amide bonds. The SMILES string of the molecule is CCc1ccc2c(c1)[C@@H](NC[C@H](N)[C@H](Cc1cc(F)cc(F)c1)NC(C)=O)CCO2. The monoisotopic (exact) mass is 417 g/mol. The number of rotatable bonds is 8. The maximum absolute atomic E-state index is 13.6. The summed E-state index contributed by atoms with van der Waals surface area (Å²) in [5.41, 5.74) is 9.18. The molecule has 2 aromatic rings. The van der Waals surface area contributed by atoms with Gasteiger partial charge in [0.05, 0.1) is 6.61 Å². The highest BCUT2D eigenvalue weighted by Gasteiger charge is 2.25. The van der Waals surface area contributed by atoms with Gasteiger partial charge in [0.1, 0.15) is 17.4 Å². The van der Waals surface area contributed by atoms with Gasteiger partial charge in [-0.25, -0.2) is 8.78 Å². The van der Waals surface area contributed by atoms with E-state index in [1.807, 2.05) is 6.07 Å². The molecule has 4 N–H and O–H groups in total. The number of aryl methyl sites for hydroxylation is 1. The van der Waals surface area contributed by atoms with E-state index in [1.54, 1.807) is 0 Å². The molecule has 0 saturated carbocycles. The number of carbonyl (C=O) groups is 1. The van der Waals surface area contributed by atoms with E-state index in [9.17, 15) is 13.6 Å². The van der Waals surface area contributed by atoms with E-state index in [0.29, 0.717) is 18.7 Å². The van der Waals surface area contributed by atoms with Gasteiger partial charge in [0, 0.05) is 49.6 Å². The fourth-order valence-electron chi connectivity index (χ4n) is 3.85. The summed E-state index contributed by atoms with van der Waals surface area (Å²) in [4.78, 5) is 11.7. The Balaban J connectivity index is 1.69. The van der Waals surface area contributed by atoms with Gasteiger partial charge in [-0.2, -0.15) is 0 Å². The topological polar surface area (TPSA) is 76.4 Å². The van der Waals surface area contributed by atoms with Gasteiger partial charge in [0.15, 0.2) is 0 Å². The standard InChI is InChI=1S/C23H29F2N3O2/c1-3-15-4-5-23-19(10-15)21(6-7-30-23)27-13-20(26)22(28-14(2)29)11-16-8-17(24)12-18(25)9-16/h4-5,8-10,12,20-22,27H,3,6-7,11,13,26H2,1-2H3,(H,28,29)/t20-,21-,22-/m0/s1. The van der Waals surface area contributed by atoms with Gasteiger partial charge in [-0.05, 0) is 42.2 Å². The van der Waals surface area contributed by atoms with Crippen molar-refractivity contribution < 1.29 is 18.3 Å². The first-order chi connectivity index (χ1) is 14.4. The fourth-order valence-corrected chi connectivity index (χ4v) is 3.85. The predicted molar refractivity (Wildman–Crippen MR) is 112 cm³/mol. The van der Waals surface area contributed by atoms with E-state index in [2.05, 4.69) is 29.7 Å². The molecule has 30 heavy (non-hydrogen) atoms. The van der Waals surface area contributed by atoms with Gasteiger partial charge in [-0.3, -0.25) is 4.79 Å². The summed E-state index contributed by atoms with van der Waals surface area (Å²) in [7, 11) is 0. The summed E-state index contributed by atoms with van der Waals surface area (Å²) in [6, 6.07) is 8.76. The number of benzene rings is 2. The lowest BCUT2D eigenvalue weighted by molar-refractivity contribution is -0.119. The van der Waals surface area contributed by atoms with E-state index in [-0.39, 0.29) is 18.4 Å². The number of nitrogens with one attached hydrogen (secondary N) is 2. The first-order valence-corrected chi connectivity index (χ1v) is 10.3. The number of carbonyl (C=O) groups excluding carboxylic acids is 1. The number of fused-ring (bicyclic) bond motifs is 1. The highest BCUT2D eigenvalue weighted by atomic mass is 19.1. The average Bonchev–Trinajstić information content (AvgIpc) is 2.70. The number of amides is 1. The number of ether oxygens (including phenoxy) is 1. The molecule has 1 aliphatic rings.